The van der Waals surface area contributed by atoms with Gasteiger partial charge in [-0.1, -0.05) is 12.1 Å². The van der Waals surface area contributed by atoms with E-state index in [-0.39, 0.29) is 18.2 Å². The van der Waals surface area contributed by atoms with Gasteiger partial charge in [0.2, 0.25) is 0 Å². The normalized spacial score (nSPS) is 16.1. The highest BCUT2D eigenvalue weighted by Gasteiger charge is 2.21. The van der Waals surface area contributed by atoms with Gasteiger partial charge in [0.25, 0.3) is 5.91 Å². The Labute approximate surface area is 146 Å². The molecule has 0 spiro atoms. The van der Waals surface area contributed by atoms with Crippen LogP contribution in [0.15, 0.2) is 36.4 Å². The topological polar surface area (TPSA) is 105 Å². The minimum Gasteiger partial charge on any atom is -0.481 e. The van der Waals surface area contributed by atoms with E-state index in [1.807, 2.05) is 18.2 Å². The highest BCUT2D eigenvalue weighted by Crippen LogP contribution is 2.28. The van der Waals surface area contributed by atoms with Crippen LogP contribution < -0.4 is 11.1 Å². The fourth-order valence-electron chi connectivity index (χ4n) is 3.26. The maximum Gasteiger partial charge on any atom is 0.303 e. The molecule has 1 atom stereocenters. The van der Waals surface area contributed by atoms with Crippen LogP contribution >= 0.6 is 0 Å². The van der Waals surface area contributed by atoms with Gasteiger partial charge in [-0.15, -0.1) is 0 Å². The van der Waals surface area contributed by atoms with Crippen LogP contribution in [0.25, 0.3) is 0 Å². The van der Waals surface area contributed by atoms with Crippen molar-refractivity contribution in [2.45, 2.75) is 32.2 Å². The summed E-state index contributed by atoms with van der Waals surface area (Å²) in [6.07, 6.45) is 2.62. The monoisotopic (exact) mass is 339 g/mol. The third-order valence-electron chi connectivity index (χ3n) is 4.52. The molecular formula is C19H21N3O3. The summed E-state index contributed by atoms with van der Waals surface area (Å²) < 4.78 is 0. The Morgan fingerprint density at radius 1 is 1.24 bits per heavy atom. The zero-order valence-corrected chi connectivity index (χ0v) is 13.9. The van der Waals surface area contributed by atoms with Gasteiger partial charge in [-0.25, -0.2) is 4.98 Å². The molecular weight excluding hydrogens is 318 g/mol. The van der Waals surface area contributed by atoms with E-state index < -0.39 is 5.97 Å². The van der Waals surface area contributed by atoms with Gasteiger partial charge >= 0.3 is 5.97 Å². The van der Waals surface area contributed by atoms with E-state index in [9.17, 15) is 9.59 Å². The van der Waals surface area contributed by atoms with Crippen molar-refractivity contribution in [2.24, 2.45) is 5.92 Å². The van der Waals surface area contributed by atoms with E-state index in [0.29, 0.717) is 23.6 Å². The lowest BCUT2D eigenvalue weighted by Gasteiger charge is -2.23. The molecule has 0 radical (unpaired) electrons. The molecule has 1 aliphatic rings. The van der Waals surface area contributed by atoms with Crippen molar-refractivity contribution in [3.05, 3.63) is 58.8 Å². The fraction of sp³-hybridized carbons (Fsp3) is 0.316. The second-order valence-corrected chi connectivity index (χ2v) is 6.43. The molecule has 6 heteroatoms. The molecule has 2 aromatic rings. The van der Waals surface area contributed by atoms with Gasteiger partial charge in [-0.3, -0.25) is 9.59 Å². The van der Waals surface area contributed by atoms with Gasteiger partial charge in [0.1, 0.15) is 5.82 Å². The SMILES string of the molecule is Nc1cccc(CNC(=O)c2ccc3c(c2)CCC(CC(=O)O)C3)n1. The van der Waals surface area contributed by atoms with Crippen LogP contribution in [0.1, 0.15) is 40.0 Å². The molecule has 1 aromatic carbocycles. The lowest BCUT2D eigenvalue weighted by molar-refractivity contribution is -0.138. The van der Waals surface area contributed by atoms with E-state index >= 15 is 0 Å². The van der Waals surface area contributed by atoms with Crippen molar-refractivity contribution >= 4 is 17.7 Å². The number of carboxylic acid groups (broad SMARTS) is 1. The molecule has 1 aliphatic carbocycles. The molecule has 4 N–H and O–H groups in total. The van der Waals surface area contributed by atoms with Gasteiger partial charge < -0.3 is 16.2 Å². The highest BCUT2D eigenvalue weighted by molar-refractivity contribution is 5.94. The van der Waals surface area contributed by atoms with Crippen LogP contribution in [-0.2, 0) is 24.2 Å². The number of aromatic nitrogens is 1. The minimum atomic E-state index is -0.750. The van der Waals surface area contributed by atoms with Crippen molar-refractivity contribution < 1.29 is 14.7 Å². The summed E-state index contributed by atoms with van der Waals surface area (Å²) in [4.78, 5) is 27.4. The van der Waals surface area contributed by atoms with Gasteiger partial charge in [-0.2, -0.15) is 0 Å². The Balaban J connectivity index is 1.64. The lowest BCUT2D eigenvalue weighted by atomic mass is 9.81. The number of aryl methyl sites for hydroxylation is 1. The number of benzene rings is 1. The molecule has 0 fully saturated rings. The van der Waals surface area contributed by atoms with Crippen LogP contribution in [0, 0.1) is 5.92 Å². The van der Waals surface area contributed by atoms with Crippen molar-refractivity contribution in [1.29, 1.82) is 0 Å². The summed E-state index contributed by atoms with van der Waals surface area (Å²) in [6.45, 7) is 0.321. The Kier molecular flexibility index (Phi) is 4.97. The van der Waals surface area contributed by atoms with E-state index in [1.54, 1.807) is 18.2 Å². The Hall–Kier alpha value is -2.89. The van der Waals surface area contributed by atoms with E-state index in [4.69, 9.17) is 10.8 Å². The average molecular weight is 339 g/mol. The molecule has 0 saturated heterocycles. The van der Waals surface area contributed by atoms with Crippen LogP contribution in [0.4, 0.5) is 5.82 Å². The van der Waals surface area contributed by atoms with Gasteiger partial charge in [-0.05, 0) is 60.6 Å². The zero-order valence-electron chi connectivity index (χ0n) is 13.9. The average Bonchev–Trinajstić information content (AvgIpc) is 2.59. The van der Waals surface area contributed by atoms with E-state index in [2.05, 4.69) is 10.3 Å². The van der Waals surface area contributed by atoms with Crippen LogP contribution in [0.3, 0.4) is 0 Å². The Bertz CT molecular complexity index is 804. The summed E-state index contributed by atoms with van der Waals surface area (Å²) in [7, 11) is 0. The first-order valence-corrected chi connectivity index (χ1v) is 8.34. The van der Waals surface area contributed by atoms with Crippen molar-refractivity contribution in [2.75, 3.05) is 5.73 Å². The maximum atomic E-state index is 12.4. The first-order chi connectivity index (χ1) is 12.0. The first kappa shape index (κ1) is 17.0. The Morgan fingerprint density at radius 2 is 2.08 bits per heavy atom. The second kappa shape index (κ2) is 7.34. The van der Waals surface area contributed by atoms with E-state index in [1.165, 1.54) is 0 Å². The van der Waals surface area contributed by atoms with Crippen LogP contribution in [-0.4, -0.2) is 22.0 Å². The number of nitrogens with two attached hydrogens (primary N) is 1. The number of hydrogen-bond donors (Lipinski definition) is 3. The van der Waals surface area contributed by atoms with Crippen molar-refractivity contribution in [1.82, 2.24) is 10.3 Å². The summed E-state index contributed by atoms with van der Waals surface area (Å²) in [5.41, 5.74) is 9.24. The Morgan fingerprint density at radius 3 is 2.84 bits per heavy atom. The quantitative estimate of drug-likeness (QED) is 0.774. The molecule has 25 heavy (non-hydrogen) atoms. The molecule has 1 amide bonds. The number of aliphatic carboxylic acids is 1. The summed E-state index contributed by atoms with van der Waals surface area (Å²) in [5.74, 6) is -0.296. The third-order valence-corrected chi connectivity index (χ3v) is 4.52. The number of carbonyl (C=O) groups is 2. The number of rotatable bonds is 5. The number of carboxylic acids is 1. The van der Waals surface area contributed by atoms with Crippen molar-refractivity contribution in [3.8, 4) is 0 Å². The molecule has 130 valence electrons. The fourth-order valence-corrected chi connectivity index (χ4v) is 3.26. The largest absolute Gasteiger partial charge is 0.481 e. The van der Waals surface area contributed by atoms with Gasteiger partial charge in [0.15, 0.2) is 0 Å². The molecule has 1 aromatic heterocycles. The number of pyridine rings is 1. The summed E-state index contributed by atoms with van der Waals surface area (Å²) in [6, 6.07) is 11.0. The second-order valence-electron chi connectivity index (χ2n) is 6.43. The molecule has 0 bridgehead atoms. The minimum absolute atomic E-state index is 0.153. The molecule has 0 aliphatic heterocycles. The number of hydrogen-bond acceptors (Lipinski definition) is 4. The van der Waals surface area contributed by atoms with Gasteiger partial charge in [0.05, 0.1) is 12.2 Å². The number of fused-ring (bicyclic) bond motifs is 1. The molecule has 1 heterocycles. The summed E-state index contributed by atoms with van der Waals surface area (Å²) >= 11 is 0. The number of carbonyl (C=O) groups excluding carboxylic acids is 1. The number of nitrogens with one attached hydrogen (secondary N) is 1. The molecule has 1 unspecified atom stereocenters. The van der Waals surface area contributed by atoms with E-state index in [0.717, 1.165) is 30.4 Å². The highest BCUT2D eigenvalue weighted by atomic mass is 16.4. The smallest absolute Gasteiger partial charge is 0.303 e. The summed E-state index contributed by atoms with van der Waals surface area (Å²) in [5, 5.41) is 11.8. The first-order valence-electron chi connectivity index (χ1n) is 8.34. The maximum absolute atomic E-state index is 12.4. The van der Waals surface area contributed by atoms with Crippen LogP contribution in [0.2, 0.25) is 0 Å². The third kappa shape index (κ3) is 4.35. The number of nitrogens with zero attached hydrogens (tertiary/aromatic N) is 1. The van der Waals surface area contributed by atoms with Gasteiger partial charge in [0, 0.05) is 12.0 Å². The number of nitrogen functional groups attached to an aromatic ring is 1. The zero-order chi connectivity index (χ0) is 17.8. The number of amides is 1. The lowest BCUT2D eigenvalue weighted by Crippen LogP contribution is -2.24. The molecule has 3 rings (SSSR count). The standard InChI is InChI=1S/C19H21N3O3/c20-17-3-1-2-16(22-17)11-21-19(25)15-7-6-13-8-12(9-18(23)24)4-5-14(13)10-15/h1-3,6-7,10,12H,4-5,8-9,11H2,(H2,20,22)(H,21,25)(H,23,24). The predicted octanol–water partition coefficient (Wildman–Crippen LogP) is 2.17. The predicted molar refractivity (Wildman–Crippen MR) is 94.0 cm³/mol. The molecule has 0 saturated carbocycles. The van der Waals surface area contributed by atoms with Crippen LogP contribution in [0.5, 0.6) is 0 Å². The number of anilines is 1. The van der Waals surface area contributed by atoms with Crippen molar-refractivity contribution in [3.63, 3.8) is 0 Å². The molecule has 6 nitrogen and oxygen atoms in total.